The lowest BCUT2D eigenvalue weighted by atomic mass is 10.1. The van der Waals surface area contributed by atoms with Crippen molar-refractivity contribution < 1.29 is 19.2 Å². The molecule has 8 heteroatoms. The highest BCUT2D eigenvalue weighted by molar-refractivity contribution is 5.93. The van der Waals surface area contributed by atoms with Crippen molar-refractivity contribution in [2.45, 2.75) is 6.54 Å². The number of anilines is 1. The summed E-state index contributed by atoms with van der Waals surface area (Å²) < 4.78 is 5.02. The minimum Gasteiger partial charge on any atom is -0.452 e. The first-order valence-corrected chi connectivity index (χ1v) is 8.20. The maximum Gasteiger partial charge on any atom is 0.338 e. The Balaban J connectivity index is 1.99. The first kappa shape index (κ1) is 19.9. The fourth-order valence-electron chi connectivity index (χ4n) is 2.44. The molecule has 8 nitrogen and oxygen atoms in total. The third-order valence-corrected chi connectivity index (χ3v) is 3.90. The first-order valence-electron chi connectivity index (χ1n) is 8.20. The van der Waals surface area contributed by atoms with Crippen molar-refractivity contribution in [3.05, 3.63) is 69.8 Å². The van der Waals surface area contributed by atoms with Crippen LogP contribution in [-0.4, -0.2) is 49.4 Å². The number of ether oxygens (including phenoxy) is 1. The second-order valence-electron chi connectivity index (χ2n) is 6.17. The van der Waals surface area contributed by atoms with E-state index in [1.807, 2.05) is 30.3 Å². The first-order chi connectivity index (χ1) is 12.8. The summed E-state index contributed by atoms with van der Waals surface area (Å²) in [4.78, 5) is 37.9. The largest absolute Gasteiger partial charge is 0.452 e. The molecule has 0 spiro atoms. The summed E-state index contributed by atoms with van der Waals surface area (Å²) in [6.07, 6.45) is 0. The predicted molar refractivity (Wildman–Crippen MR) is 101 cm³/mol. The summed E-state index contributed by atoms with van der Waals surface area (Å²) in [7, 11) is 4.95. The zero-order valence-electron chi connectivity index (χ0n) is 15.4. The third-order valence-electron chi connectivity index (χ3n) is 3.90. The van der Waals surface area contributed by atoms with Crippen LogP contribution in [0.25, 0.3) is 0 Å². The van der Waals surface area contributed by atoms with Crippen molar-refractivity contribution in [1.82, 2.24) is 4.90 Å². The number of esters is 1. The van der Waals surface area contributed by atoms with Crippen LogP contribution in [0.5, 0.6) is 0 Å². The molecule has 0 aliphatic carbocycles. The van der Waals surface area contributed by atoms with Gasteiger partial charge in [0.15, 0.2) is 6.61 Å². The molecule has 0 heterocycles. The fraction of sp³-hybridized carbons (Fsp3) is 0.263. The van der Waals surface area contributed by atoms with Crippen molar-refractivity contribution in [1.29, 1.82) is 0 Å². The molecular weight excluding hydrogens is 350 g/mol. The molecule has 0 N–H and O–H groups in total. The summed E-state index contributed by atoms with van der Waals surface area (Å²) in [6.45, 7) is -0.0500. The van der Waals surface area contributed by atoms with E-state index in [0.29, 0.717) is 12.2 Å². The monoisotopic (exact) mass is 371 g/mol. The Bertz CT molecular complexity index is 836. The molecule has 0 bridgehead atoms. The number of rotatable bonds is 7. The molecule has 0 radical (unpaired) electrons. The van der Waals surface area contributed by atoms with Gasteiger partial charge in [-0.05, 0) is 17.7 Å². The molecule has 0 atom stereocenters. The van der Waals surface area contributed by atoms with Gasteiger partial charge in [0.2, 0.25) is 0 Å². The summed E-state index contributed by atoms with van der Waals surface area (Å²) >= 11 is 0. The number of hydrogen-bond acceptors (Lipinski definition) is 6. The van der Waals surface area contributed by atoms with Gasteiger partial charge in [-0.2, -0.15) is 0 Å². The quantitative estimate of drug-likeness (QED) is 0.422. The van der Waals surface area contributed by atoms with E-state index in [2.05, 4.69) is 0 Å². The van der Waals surface area contributed by atoms with Gasteiger partial charge in [-0.1, -0.05) is 30.3 Å². The zero-order chi connectivity index (χ0) is 20.0. The number of carbonyl (C=O) groups excluding carboxylic acids is 2. The topological polar surface area (TPSA) is 93.0 Å². The SMILES string of the molecule is CN(Cc1ccccc1)C(=O)COC(=O)c1ccc(N(C)C)c([N+](=O)[O-])c1. The maximum absolute atomic E-state index is 12.2. The minimum atomic E-state index is -0.787. The summed E-state index contributed by atoms with van der Waals surface area (Å²) in [5.41, 5.74) is 1.14. The van der Waals surface area contributed by atoms with E-state index in [-0.39, 0.29) is 17.2 Å². The van der Waals surface area contributed by atoms with Crippen LogP contribution in [0.1, 0.15) is 15.9 Å². The van der Waals surface area contributed by atoms with Crippen molar-refractivity contribution in [3.63, 3.8) is 0 Å². The fourth-order valence-corrected chi connectivity index (χ4v) is 2.44. The molecule has 2 aromatic rings. The molecule has 0 aliphatic heterocycles. The van der Waals surface area contributed by atoms with Gasteiger partial charge in [-0.3, -0.25) is 14.9 Å². The van der Waals surface area contributed by atoms with Crippen LogP contribution in [0.4, 0.5) is 11.4 Å². The maximum atomic E-state index is 12.2. The number of nitro benzene ring substituents is 1. The van der Waals surface area contributed by atoms with Crippen molar-refractivity contribution in [2.24, 2.45) is 0 Å². The highest BCUT2D eigenvalue weighted by Crippen LogP contribution is 2.27. The van der Waals surface area contributed by atoms with Crippen LogP contribution in [0.3, 0.4) is 0 Å². The van der Waals surface area contributed by atoms with E-state index < -0.39 is 17.5 Å². The average Bonchev–Trinajstić information content (AvgIpc) is 2.65. The van der Waals surface area contributed by atoms with Gasteiger partial charge in [0, 0.05) is 33.8 Å². The van der Waals surface area contributed by atoms with Crippen LogP contribution in [0.15, 0.2) is 48.5 Å². The van der Waals surface area contributed by atoms with E-state index in [1.54, 1.807) is 26.0 Å². The number of amides is 1. The minimum absolute atomic E-state index is 0.0193. The normalized spacial score (nSPS) is 10.2. The third kappa shape index (κ3) is 5.27. The smallest absolute Gasteiger partial charge is 0.338 e. The van der Waals surface area contributed by atoms with Crippen molar-refractivity contribution >= 4 is 23.3 Å². The second-order valence-corrected chi connectivity index (χ2v) is 6.17. The number of nitro groups is 1. The highest BCUT2D eigenvalue weighted by Gasteiger charge is 2.20. The Morgan fingerprint density at radius 2 is 1.74 bits per heavy atom. The van der Waals surface area contributed by atoms with Crippen molar-refractivity contribution in [3.8, 4) is 0 Å². The lowest BCUT2D eigenvalue weighted by Crippen LogP contribution is -2.30. The van der Waals surface area contributed by atoms with Gasteiger partial charge in [-0.15, -0.1) is 0 Å². The lowest BCUT2D eigenvalue weighted by molar-refractivity contribution is -0.384. The Labute approximate surface area is 157 Å². The molecule has 27 heavy (non-hydrogen) atoms. The molecule has 0 saturated carbocycles. The second kappa shape index (κ2) is 8.79. The average molecular weight is 371 g/mol. The Morgan fingerprint density at radius 1 is 1.07 bits per heavy atom. The Hall–Kier alpha value is -3.42. The van der Waals surface area contributed by atoms with Gasteiger partial charge < -0.3 is 14.5 Å². The molecule has 142 valence electrons. The van der Waals surface area contributed by atoms with E-state index in [1.165, 1.54) is 17.0 Å². The number of nitrogens with zero attached hydrogens (tertiary/aromatic N) is 3. The predicted octanol–water partition coefficient (Wildman–Crippen LogP) is 2.48. The van der Waals surface area contributed by atoms with Crippen LogP contribution in [0.2, 0.25) is 0 Å². The molecule has 0 fully saturated rings. The van der Waals surface area contributed by atoms with Crippen LogP contribution >= 0.6 is 0 Å². The van der Waals surface area contributed by atoms with E-state index in [0.717, 1.165) is 11.6 Å². The van der Waals surface area contributed by atoms with Gasteiger partial charge in [-0.25, -0.2) is 4.79 Å². The standard InChI is InChI=1S/C19H21N3O5/c1-20(2)16-10-9-15(11-17(16)22(25)26)19(24)27-13-18(23)21(3)12-14-7-5-4-6-8-14/h4-11H,12-13H2,1-3H3. The highest BCUT2D eigenvalue weighted by atomic mass is 16.6. The number of benzene rings is 2. The van der Waals surface area contributed by atoms with Crippen LogP contribution < -0.4 is 4.90 Å². The van der Waals surface area contributed by atoms with Gasteiger partial charge in [0.25, 0.3) is 11.6 Å². The van der Waals surface area contributed by atoms with Gasteiger partial charge >= 0.3 is 5.97 Å². The summed E-state index contributed by atoms with van der Waals surface area (Å²) in [5.74, 6) is -1.16. The molecule has 1 amide bonds. The van der Waals surface area contributed by atoms with Crippen LogP contribution in [0, 0.1) is 10.1 Å². The molecule has 2 rings (SSSR count). The number of hydrogen-bond donors (Lipinski definition) is 0. The molecule has 0 saturated heterocycles. The van der Waals surface area contributed by atoms with Gasteiger partial charge in [0.1, 0.15) is 5.69 Å². The summed E-state index contributed by atoms with van der Waals surface area (Å²) in [6, 6.07) is 13.5. The van der Waals surface area contributed by atoms with Crippen molar-refractivity contribution in [2.75, 3.05) is 32.6 Å². The van der Waals surface area contributed by atoms with E-state index >= 15 is 0 Å². The number of carbonyl (C=O) groups is 2. The Kier molecular flexibility index (Phi) is 6.48. The molecule has 2 aromatic carbocycles. The van der Waals surface area contributed by atoms with Gasteiger partial charge in [0.05, 0.1) is 10.5 Å². The summed E-state index contributed by atoms with van der Waals surface area (Å²) in [5, 5.41) is 11.2. The van der Waals surface area contributed by atoms with Crippen LogP contribution in [-0.2, 0) is 16.1 Å². The molecular formula is C19H21N3O5. The van der Waals surface area contributed by atoms with E-state index in [9.17, 15) is 19.7 Å². The number of likely N-dealkylation sites (N-methyl/N-ethyl adjacent to an activating group) is 1. The zero-order valence-corrected chi connectivity index (χ0v) is 15.4. The molecule has 0 aromatic heterocycles. The lowest BCUT2D eigenvalue weighted by Gasteiger charge is -2.17. The Morgan fingerprint density at radius 3 is 2.33 bits per heavy atom. The van der Waals surface area contributed by atoms with E-state index in [4.69, 9.17) is 4.74 Å². The molecule has 0 unspecified atom stereocenters. The molecule has 0 aliphatic rings.